The second-order valence-electron chi connectivity index (χ2n) is 7.22. The van der Waals surface area contributed by atoms with E-state index in [0.717, 1.165) is 6.42 Å². The summed E-state index contributed by atoms with van der Waals surface area (Å²) in [4.78, 5) is 1.26. The predicted octanol–water partition coefficient (Wildman–Crippen LogP) is 3.56. The number of furan rings is 1. The van der Waals surface area contributed by atoms with Gasteiger partial charge in [-0.05, 0) is 55.3 Å². The number of hydrogen-bond acceptors (Lipinski definition) is 7. The van der Waals surface area contributed by atoms with E-state index in [4.69, 9.17) is 13.7 Å². The molecule has 3 aromatic heterocycles. The van der Waals surface area contributed by atoms with Gasteiger partial charge in [-0.2, -0.15) is 4.31 Å². The van der Waals surface area contributed by atoms with Crippen LogP contribution < -0.4 is 0 Å². The first-order chi connectivity index (χ1) is 13.5. The second-order valence-corrected chi connectivity index (χ2v) is 10.0. The molecule has 0 aliphatic carbocycles. The molecular formula is C19H20N2O5S2. The first-order valence-corrected chi connectivity index (χ1v) is 11.5. The van der Waals surface area contributed by atoms with Gasteiger partial charge in [0.25, 0.3) is 10.0 Å². The highest BCUT2D eigenvalue weighted by Crippen LogP contribution is 2.45. The predicted molar refractivity (Wildman–Crippen MR) is 103 cm³/mol. The van der Waals surface area contributed by atoms with Crippen LogP contribution in [0.5, 0.6) is 0 Å². The Morgan fingerprint density at radius 3 is 2.75 bits per heavy atom. The molecule has 0 atom stereocenters. The van der Waals surface area contributed by atoms with E-state index in [9.17, 15) is 8.42 Å². The van der Waals surface area contributed by atoms with Crippen LogP contribution in [0, 0.1) is 6.92 Å². The highest BCUT2D eigenvalue weighted by molar-refractivity contribution is 7.89. The number of hydrogen-bond donors (Lipinski definition) is 0. The molecule has 7 nitrogen and oxygen atoms in total. The Hall–Kier alpha value is -1.94. The van der Waals surface area contributed by atoms with Crippen LogP contribution in [-0.2, 0) is 26.8 Å². The van der Waals surface area contributed by atoms with Crippen molar-refractivity contribution in [2.75, 3.05) is 19.7 Å². The first-order valence-electron chi connectivity index (χ1n) is 9.22. The van der Waals surface area contributed by atoms with Crippen molar-refractivity contribution in [3.8, 4) is 11.5 Å². The van der Waals surface area contributed by atoms with Crippen LogP contribution in [0.3, 0.4) is 0 Å². The fraction of sp³-hybridized carbons (Fsp3) is 0.421. The number of aryl methyl sites for hydroxylation is 1. The zero-order chi connectivity index (χ0) is 19.4. The second kappa shape index (κ2) is 6.55. The average Bonchev–Trinajstić information content (AvgIpc) is 3.43. The summed E-state index contributed by atoms with van der Waals surface area (Å²) >= 11 is 1.71. The van der Waals surface area contributed by atoms with Crippen molar-refractivity contribution in [1.29, 1.82) is 0 Å². The number of thiophene rings is 1. The normalized spacial score (nSPS) is 19.8. The molecule has 1 saturated heterocycles. The smallest absolute Gasteiger partial charge is 0.276 e. The van der Waals surface area contributed by atoms with E-state index in [0.29, 0.717) is 49.8 Å². The summed E-state index contributed by atoms with van der Waals surface area (Å²) in [5.41, 5.74) is 1.70. The number of fused-ring (bicyclic) bond motifs is 2. The maximum absolute atomic E-state index is 13.1. The number of sulfonamides is 1. The highest BCUT2D eigenvalue weighted by Gasteiger charge is 2.44. The summed E-state index contributed by atoms with van der Waals surface area (Å²) in [5.74, 6) is 0.767. The van der Waals surface area contributed by atoms with Crippen molar-refractivity contribution in [2.24, 2.45) is 0 Å². The van der Waals surface area contributed by atoms with E-state index in [1.165, 1.54) is 20.8 Å². The number of piperidine rings is 1. The molecule has 1 fully saturated rings. The fourth-order valence-corrected chi connectivity index (χ4v) is 6.53. The van der Waals surface area contributed by atoms with E-state index < -0.39 is 10.0 Å². The molecule has 0 aromatic carbocycles. The number of rotatable bonds is 3. The summed E-state index contributed by atoms with van der Waals surface area (Å²) in [6.45, 7) is 3.28. The Kier molecular flexibility index (Phi) is 4.24. The van der Waals surface area contributed by atoms with Crippen molar-refractivity contribution >= 4 is 21.4 Å². The lowest BCUT2D eigenvalue weighted by Gasteiger charge is -2.43. The van der Waals surface area contributed by atoms with Gasteiger partial charge in [-0.3, -0.25) is 0 Å². The van der Waals surface area contributed by atoms with Gasteiger partial charge < -0.3 is 13.7 Å². The maximum Gasteiger partial charge on any atom is 0.276 e. The highest BCUT2D eigenvalue weighted by atomic mass is 32.2. The van der Waals surface area contributed by atoms with Gasteiger partial charge in [0.1, 0.15) is 5.60 Å². The summed E-state index contributed by atoms with van der Waals surface area (Å²) < 4.78 is 44.5. The van der Waals surface area contributed by atoms with Crippen LogP contribution >= 0.6 is 11.3 Å². The molecule has 2 aliphatic heterocycles. The van der Waals surface area contributed by atoms with Crippen molar-refractivity contribution in [3.05, 3.63) is 45.8 Å². The summed E-state index contributed by atoms with van der Waals surface area (Å²) in [6.07, 6.45) is 2.22. The minimum atomic E-state index is -3.71. The molecule has 3 aromatic rings. The van der Waals surface area contributed by atoms with Crippen molar-refractivity contribution in [1.82, 2.24) is 9.46 Å². The molecule has 5 rings (SSSR count). The van der Waals surface area contributed by atoms with Gasteiger partial charge in [-0.25, -0.2) is 8.42 Å². The molecule has 0 N–H and O–H groups in total. The third-order valence-corrected chi connectivity index (χ3v) is 8.40. The molecule has 9 heteroatoms. The minimum Gasteiger partial charge on any atom is -0.440 e. The Morgan fingerprint density at radius 2 is 2.00 bits per heavy atom. The topological polar surface area (TPSA) is 85.8 Å². The van der Waals surface area contributed by atoms with Crippen LogP contribution in [0.4, 0.5) is 0 Å². The summed E-state index contributed by atoms with van der Waals surface area (Å²) in [6, 6.07) is 6.93. The quantitative estimate of drug-likeness (QED) is 0.644. The van der Waals surface area contributed by atoms with E-state index >= 15 is 0 Å². The molecule has 148 valence electrons. The van der Waals surface area contributed by atoms with Gasteiger partial charge in [0.05, 0.1) is 12.3 Å². The zero-order valence-corrected chi connectivity index (χ0v) is 17.0. The van der Waals surface area contributed by atoms with E-state index in [1.54, 1.807) is 30.4 Å². The largest absolute Gasteiger partial charge is 0.440 e. The molecule has 5 heterocycles. The van der Waals surface area contributed by atoms with Crippen LogP contribution in [0.1, 0.15) is 29.0 Å². The molecule has 2 aliphatic rings. The van der Waals surface area contributed by atoms with Gasteiger partial charge in [-0.1, -0.05) is 5.16 Å². The molecule has 28 heavy (non-hydrogen) atoms. The molecule has 1 spiro atoms. The minimum absolute atomic E-state index is 0.0751. The van der Waals surface area contributed by atoms with E-state index in [2.05, 4.69) is 16.6 Å². The van der Waals surface area contributed by atoms with Crippen LogP contribution in [0.25, 0.3) is 11.5 Å². The van der Waals surface area contributed by atoms with E-state index in [1.807, 2.05) is 0 Å². The first kappa shape index (κ1) is 18.1. The Morgan fingerprint density at radius 1 is 1.18 bits per heavy atom. The lowest BCUT2D eigenvalue weighted by atomic mass is 9.86. The summed E-state index contributed by atoms with van der Waals surface area (Å²) in [7, 11) is -3.71. The van der Waals surface area contributed by atoms with Crippen LogP contribution in [0.15, 0.2) is 43.7 Å². The molecule has 0 amide bonds. The molecular weight excluding hydrogens is 400 g/mol. The molecule has 0 bridgehead atoms. The van der Waals surface area contributed by atoms with E-state index in [-0.39, 0.29) is 10.7 Å². The average molecular weight is 421 g/mol. The maximum atomic E-state index is 13.1. The Balaban J connectivity index is 1.36. The van der Waals surface area contributed by atoms with Crippen molar-refractivity contribution in [3.63, 3.8) is 0 Å². The van der Waals surface area contributed by atoms with Gasteiger partial charge in [0, 0.05) is 24.0 Å². The Labute approximate surface area is 166 Å². The number of aromatic nitrogens is 1. The van der Waals surface area contributed by atoms with Gasteiger partial charge in [0.2, 0.25) is 10.9 Å². The van der Waals surface area contributed by atoms with Crippen molar-refractivity contribution < 1.29 is 22.1 Å². The third-order valence-electron chi connectivity index (χ3n) is 5.49. The molecule has 0 unspecified atom stereocenters. The van der Waals surface area contributed by atoms with Gasteiger partial charge in [0.15, 0.2) is 5.76 Å². The standard InChI is InChI=1S/C19H20N2O5S2/c1-13-12-16(26-20-13)15-2-3-17(25-15)28(22,23)21-8-6-19(7-9-21)18-14(4-10-24-19)5-11-27-18/h2-3,5,11-12H,4,6-10H2,1H3. The SMILES string of the molecule is Cc1cc(-c2ccc(S(=O)(=O)N3CCC4(CC3)OCCc3ccsc34)o2)on1. The molecule has 0 saturated carbocycles. The van der Waals surface area contributed by atoms with Crippen LogP contribution in [0.2, 0.25) is 0 Å². The lowest BCUT2D eigenvalue weighted by molar-refractivity contribution is -0.0862. The fourth-order valence-electron chi connectivity index (χ4n) is 4.01. The number of nitrogens with zero attached hydrogens (tertiary/aromatic N) is 2. The van der Waals surface area contributed by atoms with Gasteiger partial charge >= 0.3 is 0 Å². The number of ether oxygens (including phenoxy) is 1. The third kappa shape index (κ3) is 2.85. The molecule has 0 radical (unpaired) electrons. The monoisotopic (exact) mass is 420 g/mol. The zero-order valence-electron chi connectivity index (χ0n) is 15.4. The summed E-state index contributed by atoms with van der Waals surface area (Å²) in [5, 5.41) is 5.83. The van der Waals surface area contributed by atoms with Gasteiger partial charge in [-0.15, -0.1) is 11.3 Å². The Bertz CT molecular complexity index is 1100. The lowest BCUT2D eigenvalue weighted by Crippen LogP contribution is -2.47. The van der Waals surface area contributed by atoms with Crippen LogP contribution in [-0.4, -0.2) is 37.6 Å². The van der Waals surface area contributed by atoms with Crippen molar-refractivity contribution in [2.45, 2.75) is 36.9 Å².